The highest BCUT2D eigenvalue weighted by atomic mass is 35.5. The van der Waals surface area contributed by atoms with Gasteiger partial charge >= 0.3 is 0 Å². The summed E-state index contributed by atoms with van der Waals surface area (Å²) in [5.41, 5.74) is 2.75. The lowest BCUT2D eigenvalue weighted by molar-refractivity contribution is 0.0979. The molecule has 0 saturated heterocycles. The average molecular weight is 333 g/mol. The Kier molecular flexibility index (Phi) is 2.54. The van der Waals surface area contributed by atoms with Crippen molar-refractivity contribution in [3.05, 3.63) is 76.1 Å². The maximum atomic E-state index is 13.1. The molecule has 0 radical (unpaired) electrons. The predicted octanol–water partition coefficient (Wildman–Crippen LogP) is 4.14. The van der Waals surface area contributed by atoms with E-state index in [4.69, 9.17) is 11.6 Å². The summed E-state index contributed by atoms with van der Waals surface area (Å²) in [7, 11) is 0. The molecule has 0 atom stereocenters. The summed E-state index contributed by atoms with van der Waals surface area (Å²) in [4.78, 5) is 33.5. The molecule has 4 nitrogen and oxygen atoms in total. The molecule has 24 heavy (non-hydrogen) atoms. The summed E-state index contributed by atoms with van der Waals surface area (Å²) in [6.45, 7) is 0. The number of carbonyl (C=O) groups is 2. The van der Waals surface area contributed by atoms with Gasteiger partial charge in [0.15, 0.2) is 5.78 Å². The smallest absolute Gasteiger partial charge is 0.211 e. The van der Waals surface area contributed by atoms with Gasteiger partial charge in [-0.2, -0.15) is 0 Å². The number of para-hydroxylation sites is 2. The van der Waals surface area contributed by atoms with E-state index in [-0.39, 0.29) is 11.6 Å². The van der Waals surface area contributed by atoms with Crippen LogP contribution in [0.4, 0.5) is 0 Å². The third kappa shape index (κ3) is 1.56. The van der Waals surface area contributed by atoms with Gasteiger partial charge in [0.1, 0.15) is 0 Å². The van der Waals surface area contributed by atoms with Crippen molar-refractivity contribution in [1.82, 2.24) is 9.97 Å². The van der Waals surface area contributed by atoms with Gasteiger partial charge < -0.3 is 4.98 Å². The number of benzene rings is 2. The van der Waals surface area contributed by atoms with Crippen LogP contribution in [0.25, 0.3) is 21.8 Å². The summed E-state index contributed by atoms with van der Waals surface area (Å²) in [5, 5.41) is 1.81. The molecule has 5 rings (SSSR count). The van der Waals surface area contributed by atoms with Gasteiger partial charge in [0.25, 0.3) is 0 Å². The minimum absolute atomic E-state index is 0.188. The number of nitrogens with one attached hydrogen (secondary N) is 1. The molecule has 1 N–H and O–H groups in total. The number of nitrogens with zero attached hydrogens (tertiary/aromatic N) is 1. The first-order valence-corrected chi connectivity index (χ1v) is 7.82. The number of H-pyrrole nitrogens is 1. The van der Waals surface area contributed by atoms with Gasteiger partial charge in [-0.1, -0.05) is 41.9 Å². The number of aromatic nitrogens is 2. The fourth-order valence-corrected chi connectivity index (χ4v) is 3.63. The second kappa shape index (κ2) is 4.52. The minimum Gasteiger partial charge on any atom is -0.351 e. The highest BCUT2D eigenvalue weighted by Gasteiger charge is 2.34. The van der Waals surface area contributed by atoms with Crippen LogP contribution in [0.2, 0.25) is 5.02 Å². The van der Waals surface area contributed by atoms with Crippen LogP contribution in [0.15, 0.2) is 48.7 Å². The number of fused-ring (bicyclic) bond motifs is 6. The van der Waals surface area contributed by atoms with E-state index in [0.717, 1.165) is 10.9 Å². The Bertz CT molecular complexity index is 1210. The molecular formula is C19H9ClN2O2. The summed E-state index contributed by atoms with van der Waals surface area (Å²) in [6, 6.07) is 12.6. The highest BCUT2D eigenvalue weighted by Crippen LogP contribution is 2.36. The number of hydrogen-bond donors (Lipinski definition) is 1. The summed E-state index contributed by atoms with van der Waals surface area (Å²) >= 11 is 6.18. The van der Waals surface area contributed by atoms with Crippen molar-refractivity contribution < 1.29 is 9.59 Å². The Balaban J connectivity index is 1.92. The SMILES string of the molecule is O=C1c2cnc3c(Cl)cccc3c2C(=O)c2[nH]c3ccccc3c21. The van der Waals surface area contributed by atoms with E-state index in [1.165, 1.54) is 6.20 Å². The highest BCUT2D eigenvalue weighted by molar-refractivity contribution is 6.38. The van der Waals surface area contributed by atoms with Gasteiger partial charge in [-0.25, -0.2) is 0 Å². The molecule has 0 aliphatic heterocycles. The van der Waals surface area contributed by atoms with E-state index in [1.54, 1.807) is 18.2 Å². The van der Waals surface area contributed by atoms with Crippen LogP contribution < -0.4 is 0 Å². The lowest BCUT2D eigenvalue weighted by Crippen LogP contribution is -2.21. The summed E-state index contributed by atoms with van der Waals surface area (Å²) in [6.07, 6.45) is 1.45. The van der Waals surface area contributed by atoms with Crippen molar-refractivity contribution in [2.24, 2.45) is 0 Å². The van der Waals surface area contributed by atoms with Crippen molar-refractivity contribution in [3.8, 4) is 0 Å². The molecule has 1 aliphatic carbocycles. The summed E-state index contributed by atoms with van der Waals surface area (Å²) < 4.78 is 0. The topological polar surface area (TPSA) is 62.8 Å². The van der Waals surface area contributed by atoms with Gasteiger partial charge in [0.2, 0.25) is 5.78 Å². The Hall–Kier alpha value is -2.98. The molecule has 1 aliphatic rings. The van der Waals surface area contributed by atoms with Crippen molar-refractivity contribution in [2.75, 3.05) is 0 Å². The number of aromatic amines is 1. The van der Waals surface area contributed by atoms with Crippen LogP contribution in [0.5, 0.6) is 0 Å². The molecule has 0 spiro atoms. The molecule has 4 aromatic rings. The number of carbonyl (C=O) groups excluding carboxylic acids is 2. The van der Waals surface area contributed by atoms with Crippen molar-refractivity contribution >= 4 is 45.0 Å². The number of ketones is 2. The van der Waals surface area contributed by atoms with Crippen LogP contribution in [0.1, 0.15) is 32.0 Å². The van der Waals surface area contributed by atoms with Crippen LogP contribution in [-0.2, 0) is 0 Å². The third-order valence-electron chi connectivity index (χ3n) is 4.48. The average Bonchev–Trinajstić information content (AvgIpc) is 2.99. The molecule has 2 aromatic heterocycles. The van der Waals surface area contributed by atoms with E-state index in [2.05, 4.69) is 9.97 Å². The van der Waals surface area contributed by atoms with Gasteiger partial charge in [-0.05, 0) is 12.1 Å². The first-order chi connectivity index (χ1) is 11.7. The monoisotopic (exact) mass is 332 g/mol. The minimum atomic E-state index is -0.203. The largest absolute Gasteiger partial charge is 0.351 e. The second-order valence-electron chi connectivity index (χ2n) is 5.76. The zero-order valence-corrected chi connectivity index (χ0v) is 13.0. The number of pyridine rings is 1. The Morgan fingerprint density at radius 1 is 0.875 bits per heavy atom. The first-order valence-electron chi connectivity index (χ1n) is 7.44. The van der Waals surface area contributed by atoms with Crippen LogP contribution in [0.3, 0.4) is 0 Å². The molecule has 0 amide bonds. The quantitative estimate of drug-likeness (QED) is 0.463. The van der Waals surface area contributed by atoms with Crippen molar-refractivity contribution in [3.63, 3.8) is 0 Å². The Morgan fingerprint density at radius 2 is 1.67 bits per heavy atom. The van der Waals surface area contributed by atoms with E-state index < -0.39 is 0 Å². The van der Waals surface area contributed by atoms with E-state index in [9.17, 15) is 9.59 Å². The Labute approximate surface area is 141 Å². The fraction of sp³-hybridized carbons (Fsp3) is 0. The van der Waals surface area contributed by atoms with Gasteiger partial charge in [0, 0.05) is 28.0 Å². The van der Waals surface area contributed by atoms with E-state index in [0.29, 0.717) is 38.3 Å². The molecule has 0 fully saturated rings. The molecule has 2 aromatic carbocycles. The zero-order valence-electron chi connectivity index (χ0n) is 12.3. The van der Waals surface area contributed by atoms with Crippen molar-refractivity contribution in [1.29, 1.82) is 0 Å². The number of halogens is 1. The maximum absolute atomic E-state index is 13.1. The lowest BCUT2D eigenvalue weighted by atomic mass is 9.86. The van der Waals surface area contributed by atoms with Crippen LogP contribution in [-0.4, -0.2) is 21.5 Å². The third-order valence-corrected chi connectivity index (χ3v) is 4.79. The zero-order chi connectivity index (χ0) is 16.4. The predicted molar refractivity (Wildman–Crippen MR) is 91.9 cm³/mol. The molecule has 2 heterocycles. The molecule has 114 valence electrons. The summed E-state index contributed by atoms with van der Waals surface area (Å²) in [5.74, 6) is -0.392. The maximum Gasteiger partial charge on any atom is 0.211 e. The van der Waals surface area contributed by atoms with Crippen molar-refractivity contribution in [2.45, 2.75) is 0 Å². The fourth-order valence-electron chi connectivity index (χ4n) is 3.41. The lowest BCUT2D eigenvalue weighted by Gasteiger charge is -2.16. The molecular weight excluding hydrogens is 324 g/mol. The molecule has 5 heteroatoms. The normalized spacial score (nSPS) is 13.4. The standard InChI is InChI=1S/C19H9ClN2O2/c20-12-6-3-5-10-14-11(8-21-16(10)12)18(23)15-9-4-1-2-7-13(9)22-17(15)19(14)24/h1-8,22H. The molecule has 0 unspecified atom stereocenters. The Morgan fingerprint density at radius 3 is 2.54 bits per heavy atom. The van der Waals surface area contributed by atoms with E-state index >= 15 is 0 Å². The second-order valence-corrected chi connectivity index (χ2v) is 6.17. The van der Waals surface area contributed by atoms with E-state index in [1.807, 2.05) is 24.3 Å². The van der Waals surface area contributed by atoms with Crippen LogP contribution >= 0.6 is 11.6 Å². The van der Waals surface area contributed by atoms with Gasteiger partial charge in [0.05, 0.1) is 27.4 Å². The number of hydrogen-bond acceptors (Lipinski definition) is 3. The molecule has 0 saturated carbocycles. The van der Waals surface area contributed by atoms with Crippen LogP contribution in [0, 0.1) is 0 Å². The molecule has 0 bridgehead atoms. The first kappa shape index (κ1) is 13.5. The number of rotatable bonds is 0. The van der Waals surface area contributed by atoms with Gasteiger partial charge in [-0.15, -0.1) is 0 Å². The van der Waals surface area contributed by atoms with Gasteiger partial charge in [-0.3, -0.25) is 14.6 Å².